The molecule has 20 heavy (non-hydrogen) atoms. The van der Waals surface area contributed by atoms with Crippen LogP contribution in [0.1, 0.15) is 15.9 Å². The predicted octanol–water partition coefficient (Wildman–Crippen LogP) is 0.960. The monoisotopic (exact) mass is 276 g/mol. The number of fused-ring (bicyclic) bond motifs is 1. The number of ether oxygens (including phenoxy) is 2. The molecule has 1 aromatic rings. The van der Waals surface area contributed by atoms with E-state index in [9.17, 15) is 4.79 Å². The lowest BCUT2D eigenvalue weighted by Crippen LogP contribution is -2.32. The highest BCUT2D eigenvalue weighted by atomic mass is 16.5. The third kappa shape index (κ3) is 2.12. The molecule has 2 N–H and O–H groups in total. The van der Waals surface area contributed by atoms with Gasteiger partial charge in [0.15, 0.2) is 0 Å². The molecule has 1 saturated carbocycles. The summed E-state index contributed by atoms with van der Waals surface area (Å²) >= 11 is 0. The van der Waals surface area contributed by atoms with Crippen molar-refractivity contribution < 1.29 is 14.3 Å². The van der Waals surface area contributed by atoms with E-state index >= 15 is 0 Å². The second-order valence-electron chi connectivity index (χ2n) is 5.49. The highest BCUT2D eigenvalue weighted by Gasteiger charge is 2.53. The Morgan fingerprint density at radius 1 is 1.20 bits per heavy atom. The summed E-state index contributed by atoms with van der Waals surface area (Å²) in [6.07, 6.45) is 0. The minimum atomic E-state index is -0.0546. The first-order chi connectivity index (χ1) is 9.65. The van der Waals surface area contributed by atoms with Crippen LogP contribution in [0.4, 0.5) is 0 Å². The number of carbonyl (C=O) groups is 1. The molecule has 1 aliphatic heterocycles. The molecule has 108 valence electrons. The first-order valence-electron chi connectivity index (χ1n) is 6.90. The first-order valence-corrected chi connectivity index (χ1v) is 6.90. The Labute approximate surface area is 118 Å². The maximum Gasteiger partial charge on any atom is 0.251 e. The predicted molar refractivity (Wildman–Crippen MR) is 75.4 cm³/mol. The zero-order chi connectivity index (χ0) is 14.3. The van der Waals surface area contributed by atoms with Crippen LogP contribution in [0.3, 0.4) is 0 Å². The molecule has 2 atom stereocenters. The molecule has 0 spiro atoms. The van der Waals surface area contributed by atoms with Gasteiger partial charge in [0.25, 0.3) is 5.91 Å². The normalized spacial score (nSPS) is 26.9. The Balaban J connectivity index is 1.77. The number of hydrogen-bond donors (Lipinski definition) is 2. The van der Waals surface area contributed by atoms with Gasteiger partial charge in [0, 0.05) is 30.3 Å². The van der Waals surface area contributed by atoms with E-state index in [1.807, 2.05) is 6.92 Å². The number of methoxy groups -OCH3 is 2. The molecule has 2 aliphatic rings. The fourth-order valence-corrected chi connectivity index (χ4v) is 3.08. The Kier molecular flexibility index (Phi) is 3.30. The smallest absolute Gasteiger partial charge is 0.251 e. The average molecular weight is 276 g/mol. The van der Waals surface area contributed by atoms with Gasteiger partial charge in [-0.2, -0.15) is 0 Å². The molecular weight excluding hydrogens is 256 g/mol. The highest BCUT2D eigenvalue weighted by Crippen LogP contribution is 2.41. The summed E-state index contributed by atoms with van der Waals surface area (Å²) in [6, 6.07) is 3.86. The van der Waals surface area contributed by atoms with Crippen LogP contribution in [0.2, 0.25) is 0 Å². The summed E-state index contributed by atoms with van der Waals surface area (Å²) in [5.41, 5.74) is 1.49. The molecule has 0 bridgehead atoms. The van der Waals surface area contributed by atoms with Gasteiger partial charge in [-0.25, -0.2) is 0 Å². The Bertz CT molecular complexity index is 509. The maximum absolute atomic E-state index is 12.3. The van der Waals surface area contributed by atoms with Gasteiger partial charge in [0.2, 0.25) is 0 Å². The van der Waals surface area contributed by atoms with Crippen molar-refractivity contribution in [3.05, 3.63) is 23.3 Å². The zero-order valence-electron chi connectivity index (χ0n) is 12.0. The Morgan fingerprint density at radius 3 is 2.25 bits per heavy atom. The third-order valence-corrected chi connectivity index (χ3v) is 4.40. The number of benzene rings is 1. The van der Waals surface area contributed by atoms with Crippen LogP contribution in [0.15, 0.2) is 12.1 Å². The number of piperidine rings is 1. The topological polar surface area (TPSA) is 59.6 Å². The molecule has 2 unspecified atom stereocenters. The van der Waals surface area contributed by atoms with Gasteiger partial charge < -0.3 is 20.1 Å². The van der Waals surface area contributed by atoms with Crippen LogP contribution < -0.4 is 20.1 Å². The summed E-state index contributed by atoms with van der Waals surface area (Å²) in [5, 5.41) is 6.42. The van der Waals surface area contributed by atoms with Gasteiger partial charge in [-0.3, -0.25) is 4.79 Å². The van der Waals surface area contributed by atoms with E-state index in [0.717, 1.165) is 18.7 Å². The van der Waals surface area contributed by atoms with Gasteiger partial charge in [0.05, 0.1) is 14.2 Å². The lowest BCUT2D eigenvalue weighted by atomic mass is 10.1. The fraction of sp³-hybridized carbons (Fsp3) is 0.533. The van der Waals surface area contributed by atoms with Crippen molar-refractivity contribution in [3.63, 3.8) is 0 Å². The highest BCUT2D eigenvalue weighted by molar-refractivity contribution is 5.95. The molecule has 3 rings (SSSR count). The Hall–Kier alpha value is -1.75. The lowest BCUT2D eigenvalue weighted by Gasteiger charge is -2.13. The molecule has 0 radical (unpaired) electrons. The van der Waals surface area contributed by atoms with Crippen molar-refractivity contribution in [2.75, 3.05) is 27.3 Å². The SMILES string of the molecule is COc1cc(C(=O)NC2C3CNCC32)cc(OC)c1C. The second kappa shape index (κ2) is 4.98. The fourth-order valence-electron chi connectivity index (χ4n) is 3.08. The molecule has 1 aliphatic carbocycles. The number of nitrogens with one attached hydrogen (secondary N) is 2. The second-order valence-corrected chi connectivity index (χ2v) is 5.49. The third-order valence-electron chi connectivity index (χ3n) is 4.40. The van der Waals surface area contributed by atoms with Crippen molar-refractivity contribution in [2.24, 2.45) is 11.8 Å². The Morgan fingerprint density at radius 2 is 1.75 bits per heavy atom. The summed E-state index contributed by atoms with van der Waals surface area (Å²) in [5.74, 6) is 2.50. The molecule has 2 fully saturated rings. The molecule has 1 heterocycles. The lowest BCUT2D eigenvalue weighted by molar-refractivity contribution is 0.0946. The summed E-state index contributed by atoms with van der Waals surface area (Å²) in [4.78, 5) is 12.3. The van der Waals surface area contributed by atoms with Crippen molar-refractivity contribution in [2.45, 2.75) is 13.0 Å². The van der Waals surface area contributed by atoms with E-state index in [-0.39, 0.29) is 5.91 Å². The first kappa shape index (κ1) is 13.2. The van der Waals surface area contributed by atoms with Gasteiger partial charge in [0.1, 0.15) is 11.5 Å². The van der Waals surface area contributed by atoms with Crippen LogP contribution in [0.25, 0.3) is 0 Å². The molecule has 0 aromatic heterocycles. The van der Waals surface area contributed by atoms with E-state index in [0.29, 0.717) is 34.9 Å². The summed E-state index contributed by atoms with van der Waals surface area (Å²) in [7, 11) is 3.20. The quantitative estimate of drug-likeness (QED) is 0.860. The largest absolute Gasteiger partial charge is 0.496 e. The van der Waals surface area contributed by atoms with E-state index in [1.54, 1.807) is 26.4 Å². The number of amides is 1. The van der Waals surface area contributed by atoms with Crippen molar-refractivity contribution >= 4 is 5.91 Å². The molecule has 1 saturated heterocycles. The maximum atomic E-state index is 12.3. The molecule has 5 heteroatoms. The van der Waals surface area contributed by atoms with Gasteiger partial charge in [-0.15, -0.1) is 0 Å². The van der Waals surface area contributed by atoms with Crippen LogP contribution >= 0.6 is 0 Å². The van der Waals surface area contributed by atoms with Gasteiger partial charge in [-0.05, 0) is 30.9 Å². The molecule has 1 amide bonds. The van der Waals surface area contributed by atoms with E-state index in [4.69, 9.17) is 9.47 Å². The van der Waals surface area contributed by atoms with Crippen LogP contribution in [0.5, 0.6) is 11.5 Å². The molecule has 1 aromatic carbocycles. The number of carbonyl (C=O) groups excluding carboxylic acids is 1. The zero-order valence-corrected chi connectivity index (χ0v) is 12.0. The summed E-state index contributed by atoms with van der Waals surface area (Å²) < 4.78 is 10.6. The van der Waals surface area contributed by atoms with E-state index in [1.165, 1.54) is 0 Å². The average Bonchev–Trinajstić information content (AvgIpc) is 2.89. The van der Waals surface area contributed by atoms with Crippen LogP contribution in [-0.4, -0.2) is 39.3 Å². The number of rotatable bonds is 4. The minimum absolute atomic E-state index is 0.0546. The van der Waals surface area contributed by atoms with Crippen LogP contribution in [0, 0.1) is 18.8 Å². The van der Waals surface area contributed by atoms with Crippen molar-refractivity contribution in [1.82, 2.24) is 10.6 Å². The standard InChI is InChI=1S/C15H20N2O3/c1-8-12(19-2)4-9(5-13(8)20-3)15(18)17-14-10-6-16-7-11(10)14/h4-5,10-11,14,16H,6-7H2,1-3H3,(H,17,18). The number of hydrogen-bond acceptors (Lipinski definition) is 4. The minimum Gasteiger partial charge on any atom is -0.496 e. The summed E-state index contributed by atoms with van der Waals surface area (Å²) in [6.45, 7) is 3.93. The van der Waals surface area contributed by atoms with Gasteiger partial charge in [-0.1, -0.05) is 0 Å². The van der Waals surface area contributed by atoms with E-state index < -0.39 is 0 Å². The van der Waals surface area contributed by atoms with E-state index in [2.05, 4.69) is 10.6 Å². The van der Waals surface area contributed by atoms with Crippen molar-refractivity contribution in [1.29, 1.82) is 0 Å². The molecular formula is C15H20N2O3. The molecule has 5 nitrogen and oxygen atoms in total. The van der Waals surface area contributed by atoms with Crippen molar-refractivity contribution in [3.8, 4) is 11.5 Å². The van der Waals surface area contributed by atoms with Gasteiger partial charge >= 0.3 is 0 Å². The van der Waals surface area contributed by atoms with Crippen LogP contribution in [-0.2, 0) is 0 Å².